The molecule has 0 aromatic heterocycles. The minimum atomic E-state index is 0.861. The quantitative estimate of drug-likeness (QED) is 0.134. The average Bonchev–Trinajstić information content (AvgIpc) is 2.64. The van der Waals surface area contributed by atoms with Gasteiger partial charge in [0.05, 0.1) is 0 Å². The standard InChI is InChI=1S/C28H56/c1-7-9-11-13-17-21-28(23-25(3)4)22-18-15-12-14-16-20-27(6)24-26(5)19-10-8-2/h7,25-28H,1,8-24H2,2-6H3. The molecule has 3 atom stereocenters. The van der Waals surface area contributed by atoms with E-state index < -0.39 is 0 Å². The normalized spacial score (nSPS) is 14.9. The average molecular weight is 393 g/mol. The summed E-state index contributed by atoms with van der Waals surface area (Å²) in [5.74, 6) is 3.71. The van der Waals surface area contributed by atoms with Crippen molar-refractivity contribution in [1.82, 2.24) is 0 Å². The molecule has 168 valence electrons. The molecule has 0 spiro atoms. The lowest BCUT2D eigenvalue weighted by atomic mass is 9.87. The lowest BCUT2D eigenvalue weighted by Crippen LogP contribution is -2.05. The van der Waals surface area contributed by atoms with Crippen molar-refractivity contribution in [3.8, 4) is 0 Å². The molecule has 0 aromatic carbocycles. The van der Waals surface area contributed by atoms with E-state index in [0.29, 0.717) is 0 Å². The van der Waals surface area contributed by atoms with Gasteiger partial charge in [-0.15, -0.1) is 6.58 Å². The van der Waals surface area contributed by atoms with Gasteiger partial charge in [-0.25, -0.2) is 0 Å². The van der Waals surface area contributed by atoms with Crippen molar-refractivity contribution in [3.63, 3.8) is 0 Å². The van der Waals surface area contributed by atoms with Crippen LogP contribution in [0.2, 0.25) is 0 Å². The molecule has 0 rings (SSSR count). The van der Waals surface area contributed by atoms with Crippen molar-refractivity contribution in [2.24, 2.45) is 23.7 Å². The van der Waals surface area contributed by atoms with Gasteiger partial charge < -0.3 is 0 Å². The maximum absolute atomic E-state index is 3.84. The van der Waals surface area contributed by atoms with Crippen LogP contribution in [-0.2, 0) is 0 Å². The minimum Gasteiger partial charge on any atom is -0.103 e. The number of hydrogen-bond donors (Lipinski definition) is 0. The van der Waals surface area contributed by atoms with Crippen LogP contribution in [0.25, 0.3) is 0 Å². The number of unbranched alkanes of at least 4 members (excludes halogenated alkanes) is 8. The molecule has 0 fully saturated rings. The van der Waals surface area contributed by atoms with Crippen molar-refractivity contribution in [1.29, 1.82) is 0 Å². The molecule has 0 radical (unpaired) electrons. The maximum Gasteiger partial charge on any atom is -0.0353 e. The molecular formula is C28H56. The smallest absolute Gasteiger partial charge is 0.0353 e. The Hall–Kier alpha value is -0.260. The van der Waals surface area contributed by atoms with Crippen LogP contribution in [0, 0.1) is 23.7 Å². The van der Waals surface area contributed by atoms with Crippen molar-refractivity contribution in [2.45, 2.75) is 144 Å². The van der Waals surface area contributed by atoms with Gasteiger partial charge in [0.25, 0.3) is 0 Å². The highest BCUT2D eigenvalue weighted by atomic mass is 14.2. The van der Waals surface area contributed by atoms with Gasteiger partial charge in [-0.05, 0) is 49.4 Å². The molecule has 3 unspecified atom stereocenters. The Morgan fingerprint density at radius 2 is 1.11 bits per heavy atom. The third kappa shape index (κ3) is 19.1. The topological polar surface area (TPSA) is 0 Å². The summed E-state index contributed by atoms with van der Waals surface area (Å²) in [6.45, 7) is 15.9. The number of allylic oxidation sites excluding steroid dienone is 1. The van der Waals surface area contributed by atoms with Gasteiger partial charge in [0.15, 0.2) is 0 Å². The van der Waals surface area contributed by atoms with Crippen LogP contribution in [0.4, 0.5) is 0 Å². The Bertz CT molecular complexity index is 316. The third-order valence-corrected chi connectivity index (χ3v) is 6.49. The van der Waals surface area contributed by atoms with Crippen molar-refractivity contribution >= 4 is 0 Å². The lowest BCUT2D eigenvalue weighted by molar-refractivity contribution is 0.337. The van der Waals surface area contributed by atoms with E-state index in [0.717, 1.165) is 23.7 Å². The fourth-order valence-corrected chi connectivity index (χ4v) is 4.88. The largest absolute Gasteiger partial charge is 0.103 e. The van der Waals surface area contributed by atoms with E-state index in [2.05, 4.69) is 47.3 Å². The van der Waals surface area contributed by atoms with Crippen molar-refractivity contribution in [3.05, 3.63) is 12.7 Å². The molecule has 0 aliphatic heterocycles. The SMILES string of the molecule is C=CCCCCCC(CCCCCCCC(C)CC(C)CCCC)CC(C)C. The van der Waals surface area contributed by atoms with Crippen LogP contribution in [0.1, 0.15) is 144 Å². The Balaban J connectivity index is 3.70. The second-order valence-electron chi connectivity index (χ2n) is 10.4. The molecule has 0 N–H and O–H groups in total. The van der Waals surface area contributed by atoms with Gasteiger partial charge in [-0.3, -0.25) is 0 Å². The lowest BCUT2D eigenvalue weighted by Gasteiger charge is -2.19. The van der Waals surface area contributed by atoms with Crippen LogP contribution in [0.3, 0.4) is 0 Å². The van der Waals surface area contributed by atoms with Crippen LogP contribution in [-0.4, -0.2) is 0 Å². The van der Waals surface area contributed by atoms with E-state index in [1.807, 2.05) is 0 Å². The van der Waals surface area contributed by atoms with Crippen molar-refractivity contribution in [2.75, 3.05) is 0 Å². The third-order valence-electron chi connectivity index (χ3n) is 6.49. The molecule has 0 aliphatic rings. The number of hydrogen-bond acceptors (Lipinski definition) is 0. The highest BCUT2D eigenvalue weighted by Gasteiger charge is 2.11. The van der Waals surface area contributed by atoms with E-state index in [-0.39, 0.29) is 0 Å². The summed E-state index contributed by atoms with van der Waals surface area (Å²) in [6.07, 6.45) is 26.2. The summed E-state index contributed by atoms with van der Waals surface area (Å²) in [5, 5.41) is 0. The fourth-order valence-electron chi connectivity index (χ4n) is 4.88. The molecule has 0 saturated carbocycles. The predicted octanol–water partition coefficient (Wildman–Crippen LogP) is 10.4. The Kier molecular flexibility index (Phi) is 19.8. The zero-order chi connectivity index (χ0) is 21.0. The molecule has 0 nitrogen and oxygen atoms in total. The van der Waals surface area contributed by atoms with Crippen LogP contribution < -0.4 is 0 Å². The fraction of sp³-hybridized carbons (Fsp3) is 0.929. The summed E-state index contributed by atoms with van der Waals surface area (Å²) < 4.78 is 0. The second-order valence-corrected chi connectivity index (χ2v) is 10.4. The van der Waals surface area contributed by atoms with E-state index in [4.69, 9.17) is 0 Å². The molecule has 0 bridgehead atoms. The van der Waals surface area contributed by atoms with Gasteiger partial charge >= 0.3 is 0 Å². The van der Waals surface area contributed by atoms with Gasteiger partial charge in [0, 0.05) is 0 Å². The summed E-state index contributed by atoms with van der Waals surface area (Å²) in [4.78, 5) is 0. The second kappa shape index (κ2) is 20.0. The molecule has 0 heteroatoms. The first kappa shape index (κ1) is 27.7. The zero-order valence-electron chi connectivity index (χ0n) is 20.6. The molecule has 0 aliphatic carbocycles. The Morgan fingerprint density at radius 1 is 0.607 bits per heavy atom. The predicted molar refractivity (Wildman–Crippen MR) is 131 cm³/mol. The summed E-state index contributed by atoms with van der Waals surface area (Å²) in [5.41, 5.74) is 0. The van der Waals surface area contributed by atoms with Gasteiger partial charge in [0.1, 0.15) is 0 Å². The van der Waals surface area contributed by atoms with Crippen LogP contribution in [0.5, 0.6) is 0 Å². The first-order chi connectivity index (χ1) is 13.5. The van der Waals surface area contributed by atoms with E-state index in [9.17, 15) is 0 Å². The van der Waals surface area contributed by atoms with Crippen molar-refractivity contribution < 1.29 is 0 Å². The Labute approximate surface area is 180 Å². The summed E-state index contributed by atoms with van der Waals surface area (Å²) in [7, 11) is 0. The zero-order valence-corrected chi connectivity index (χ0v) is 20.6. The van der Waals surface area contributed by atoms with E-state index in [1.165, 1.54) is 109 Å². The molecular weight excluding hydrogens is 336 g/mol. The molecule has 0 heterocycles. The Morgan fingerprint density at radius 3 is 1.64 bits per heavy atom. The van der Waals surface area contributed by atoms with E-state index >= 15 is 0 Å². The maximum atomic E-state index is 3.84. The molecule has 0 saturated heterocycles. The van der Waals surface area contributed by atoms with Crippen LogP contribution in [0.15, 0.2) is 12.7 Å². The van der Waals surface area contributed by atoms with E-state index in [1.54, 1.807) is 0 Å². The highest BCUT2D eigenvalue weighted by Crippen LogP contribution is 2.26. The minimum absolute atomic E-state index is 0.861. The monoisotopic (exact) mass is 392 g/mol. The molecule has 0 amide bonds. The highest BCUT2D eigenvalue weighted by molar-refractivity contribution is 4.67. The molecule has 0 aromatic rings. The first-order valence-corrected chi connectivity index (χ1v) is 13.1. The van der Waals surface area contributed by atoms with Gasteiger partial charge in [-0.2, -0.15) is 0 Å². The summed E-state index contributed by atoms with van der Waals surface area (Å²) in [6, 6.07) is 0. The number of rotatable bonds is 21. The summed E-state index contributed by atoms with van der Waals surface area (Å²) >= 11 is 0. The molecule has 28 heavy (non-hydrogen) atoms. The van der Waals surface area contributed by atoms with Crippen LogP contribution >= 0.6 is 0 Å². The van der Waals surface area contributed by atoms with Gasteiger partial charge in [-0.1, -0.05) is 124 Å². The first-order valence-electron chi connectivity index (χ1n) is 13.1. The van der Waals surface area contributed by atoms with Gasteiger partial charge in [0.2, 0.25) is 0 Å².